The minimum atomic E-state index is 0.386. The third-order valence-electron chi connectivity index (χ3n) is 1.45. The summed E-state index contributed by atoms with van der Waals surface area (Å²) >= 11 is 0. The molecule has 1 aromatic heterocycles. The molecule has 0 saturated carbocycles. The molecule has 0 saturated heterocycles. The van der Waals surface area contributed by atoms with Crippen LogP contribution in [0.1, 0.15) is 32.0 Å². The zero-order chi connectivity index (χ0) is 8.27. The SMILES string of the molecule is [CH2]CCn1nnnc1C(C)C. The van der Waals surface area contributed by atoms with E-state index in [9.17, 15) is 0 Å². The summed E-state index contributed by atoms with van der Waals surface area (Å²) in [6, 6.07) is 0. The Balaban J connectivity index is 2.78. The Morgan fingerprint density at radius 2 is 2.27 bits per heavy atom. The van der Waals surface area contributed by atoms with Crippen LogP contribution >= 0.6 is 0 Å². The third kappa shape index (κ3) is 1.76. The molecule has 0 aliphatic carbocycles. The number of nitrogens with zero attached hydrogens (tertiary/aromatic N) is 4. The van der Waals surface area contributed by atoms with Crippen molar-refractivity contribution in [3.63, 3.8) is 0 Å². The van der Waals surface area contributed by atoms with Gasteiger partial charge in [-0.3, -0.25) is 0 Å². The maximum Gasteiger partial charge on any atom is 0.153 e. The van der Waals surface area contributed by atoms with Crippen LogP contribution in [-0.2, 0) is 6.54 Å². The van der Waals surface area contributed by atoms with Gasteiger partial charge in [-0.1, -0.05) is 20.8 Å². The van der Waals surface area contributed by atoms with E-state index in [2.05, 4.69) is 36.3 Å². The highest BCUT2D eigenvalue weighted by atomic mass is 15.5. The van der Waals surface area contributed by atoms with Gasteiger partial charge < -0.3 is 0 Å². The van der Waals surface area contributed by atoms with E-state index in [4.69, 9.17) is 0 Å². The van der Waals surface area contributed by atoms with Gasteiger partial charge in [-0.25, -0.2) is 4.68 Å². The first-order valence-electron chi connectivity index (χ1n) is 3.81. The first-order valence-corrected chi connectivity index (χ1v) is 3.81. The van der Waals surface area contributed by atoms with Gasteiger partial charge in [-0.2, -0.15) is 0 Å². The van der Waals surface area contributed by atoms with Gasteiger partial charge in [-0.05, 0) is 16.8 Å². The molecular formula is C7H13N4. The van der Waals surface area contributed by atoms with Crippen molar-refractivity contribution >= 4 is 0 Å². The summed E-state index contributed by atoms with van der Waals surface area (Å²) in [5.41, 5.74) is 0. The maximum absolute atomic E-state index is 3.91. The fourth-order valence-electron chi connectivity index (χ4n) is 0.934. The molecule has 0 bridgehead atoms. The fourth-order valence-corrected chi connectivity index (χ4v) is 0.934. The van der Waals surface area contributed by atoms with Crippen LogP contribution in [0.25, 0.3) is 0 Å². The van der Waals surface area contributed by atoms with Crippen molar-refractivity contribution in [3.8, 4) is 0 Å². The normalized spacial score (nSPS) is 10.9. The largest absolute Gasteiger partial charge is 0.229 e. The number of hydrogen-bond acceptors (Lipinski definition) is 3. The van der Waals surface area contributed by atoms with Crippen molar-refractivity contribution in [2.75, 3.05) is 0 Å². The number of tetrazole rings is 1. The average molecular weight is 153 g/mol. The minimum Gasteiger partial charge on any atom is -0.229 e. The Kier molecular flexibility index (Phi) is 2.57. The molecular weight excluding hydrogens is 140 g/mol. The van der Waals surface area contributed by atoms with E-state index in [0.717, 1.165) is 18.8 Å². The molecule has 0 amide bonds. The van der Waals surface area contributed by atoms with Crippen molar-refractivity contribution in [1.82, 2.24) is 20.2 Å². The minimum absolute atomic E-state index is 0.386. The van der Waals surface area contributed by atoms with Crippen molar-refractivity contribution < 1.29 is 0 Å². The van der Waals surface area contributed by atoms with Crippen LogP contribution in [0.2, 0.25) is 0 Å². The van der Waals surface area contributed by atoms with Gasteiger partial charge in [0.05, 0.1) is 0 Å². The van der Waals surface area contributed by atoms with Crippen LogP contribution in [0.4, 0.5) is 0 Å². The molecule has 0 unspecified atom stereocenters. The second kappa shape index (κ2) is 3.46. The Morgan fingerprint density at radius 1 is 1.55 bits per heavy atom. The van der Waals surface area contributed by atoms with Gasteiger partial charge >= 0.3 is 0 Å². The highest BCUT2D eigenvalue weighted by Gasteiger charge is 2.07. The van der Waals surface area contributed by atoms with Crippen LogP contribution in [-0.4, -0.2) is 20.2 Å². The molecule has 1 heterocycles. The van der Waals surface area contributed by atoms with Crippen molar-refractivity contribution in [2.24, 2.45) is 0 Å². The average Bonchev–Trinajstić information content (AvgIpc) is 2.36. The lowest BCUT2D eigenvalue weighted by atomic mass is 10.2. The zero-order valence-corrected chi connectivity index (χ0v) is 6.99. The molecule has 0 spiro atoms. The quantitative estimate of drug-likeness (QED) is 0.651. The van der Waals surface area contributed by atoms with Gasteiger partial charge in [-0.15, -0.1) is 5.10 Å². The van der Waals surface area contributed by atoms with Crippen molar-refractivity contribution in [2.45, 2.75) is 32.7 Å². The van der Waals surface area contributed by atoms with Gasteiger partial charge in [0.25, 0.3) is 0 Å². The lowest BCUT2D eigenvalue weighted by Crippen LogP contribution is -2.06. The van der Waals surface area contributed by atoms with Crippen LogP contribution in [0.3, 0.4) is 0 Å². The van der Waals surface area contributed by atoms with Crippen LogP contribution in [0.15, 0.2) is 0 Å². The Bertz CT molecular complexity index is 216. The Labute approximate surface area is 66.6 Å². The zero-order valence-electron chi connectivity index (χ0n) is 6.99. The molecule has 1 aromatic rings. The summed E-state index contributed by atoms with van der Waals surface area (Å²) in [6.07, 6.45) is 0.824. The number of aryl methyl sites for hydroxylation is 1. The van der Waals surface area contributed by atoms with Crippen LogP contribution in [0.5, 0.6) is 0 Å². The monoisotopic (exact) mass is 153 g/mol. The smallest absolute Gasteiger partial charge is 0.153 e. The van der Waals surface area contributed by atoms with E-state index in [-0.39, 0.29) is 0 Å². The van der Waals surface area contributed by atoms with E-state index in [1.54, 1.807) is 4.68 Å². The van der Waals surface area contributed by atoms with Crippen LogP contribution < -0.4 is 0 Å². The first kappa shape index (κ1) is 8.17. The number of rotatable bonds is 3. The summed E-state index contributed by atoms with van der Waals surface area (Å²) in [7, 11) is 0. The second-order valence-corrected chi connectivity index (χ2v) is 2.77. The summed E-state index contributed by atoms with van der Waals surface area (Å²) in [6.45, 7) is 8.70. The van der Waals surface area contributed by atoms with E-state index >= 15 is 0 Å². The molecule has 0 fully saturated rings. The summed E-state index contributed by atoms with van der Waals surface area (Å²) in [5, 5.41) is 11.3. The predicted molar refractivity (Wildman–Crippen MR) is 41.9 cm³/mol. The summed E-state index contributed by atoms with van der Waals surface area (Å²) < 4.78 is 1.80. The Morgan fingerprint density at radius 3 is 2.82 bits per heavy atom. The summed E-state index contributed by atoms with van der Waals surface area (Å²) in [5.74, 6) is 1.32. The highest BCUT2D eigenvalue weighted by molar-refractivity contribution is 4.87. The first-order chi connectivity index (χ1) is 5.25. The molecule has 4 heteroatoms. The maximum atomic E-state index is 3.91. The van der Waals surface area contributed by atoms with Gasteiger partial charge in [0.1, 0.15) is 0 Å². The van der Waals surface area contributed by atoms with E-state index < -0.39 is 0 Å². The van der Waals surface area contributed by atoms with E-state index in [0.29, 0.717) is 5.92 Å². The standard InChI is InChI=1S/C7H13N4/c1-4-5-11-7(6(2)3)8-9-10-11/h6H,1,4-5H2,2-3H3. The van der Waals surface area contributed by atoms with Crippen LogP contribution in [0, 0.1) is 6.92 Å². The molecule has 11 heavy (non-hydrogen) atoms. The highest BCUT2D eigenvalue weighted by Crippen LogP contribution is 2.08. The molecule has 1 radical (unpaired) electrons. The van der Waals surface area contributed by atoms with Crippen molar-refractivity contribution in [1.29, 1.82) is 0 Å². The molecule has 61 valence electrons. The van der Waals surface area contributed by atoms with E-state index in [1.165, 1.54) is 0 Å². The number of aromatic nitrogens is 4. The van der Waals surface area contributed by atoms with Gasteiger partial charge in [0, 0.05) is 12.5 Å². The fraction of sp³-hybridized carbons (Fsp3) is 0.714. The molecule has 0 aliphatic rings. The molecule has 0 aliphatic heterocycles. The summed E-state index contributed by atoms with van der Waals surface area (Å²) in [4.78, 5) is 0. The van der Waals surface area contributed by atoms with E-state index in [1.807, 2.05) is 0 Å². The molecule has 4 nitrogen and oxygen atoms in total. The molecule has 0 atom stereocenters. The lowest BCUT2D eigenvalue weighted by Gasteiger charge is -2.03. The van der Waals surface area contributed by atoms with Crippen molar-refractivity contribution in [3.05, 3.63) is 12.7 Å². The Hall–Kier alpha value is -0.930. The number of hydrogen-bond donors (Lipinski definition) is 0. The molecule has 0 N–H and O–H groups in total. The second-order valence-electron chi connectivity index (χ2n) is 2.77. The molecule has 0 aromatic carbocycles. The lowest BCUT2D eigenvalue weighted by molar-refractivity contribution is 0.553. The van der Waals surface area contributed by atoms with Gasteiger partial charge in [0.15, 0.2) is 5.82 Å². The third-order valence-corrected chi connectivity index (χ3v) is 1.45. The molecule has 1 rings (SSSR count). The topological polar surface area (TPSA) is 43.6 Å². The predicted octanol–water partition coefficient (Wildman–Crippen LogP) is 1.02. The van der Waals surface area contributed by atoms with Gasteiger partial charge in [0.2, 0.25) is 0 Å².